The minimum absolute atomic E-state index is 0.0106. The highest BCUT2D eigenvalue weighted by atomic mass is 28.4. The second-order valence-electron chi connectivity index (χ2n) is 7.55. The van der Waals surface area contributed by atoms with E-state index >= 15 is 0 Å². The van der Waals surface area contributed by atoms with E-state index in [1.807, 2.05) is 12.1 Å². The minimum Gasteiger partial charge on any atom is -0.543 e. The third-order valence-electron chi connectivity index (χ3n) is 4.69. The Morgan fingerprint density at radius 2 is 1.60 bits per heavy atom. The fraction of sp³-hybridized carbons (Fsp3) is 0.316. The first-order valence-electron chi connectivity index (χ1n) is 8.02. The van der Waals surface area contributed by atoms with Gasteiger partial charge in [0.2, 0.25) is 0 Å². The average molecular weight is 360 g/mol. The van der Waals surface area contributed by atoms with Crippen LogP contribution in [0, 0.1) is 0 Å². The molecular weight excluding hydrogens is 336 g/mol. The van der Waals surface area contributed by atoms with E-state index in [2.05, 4.69) is 33.9 Å². The molecule has 0 saturated heterocycles. The molecule has 0 heterocycles. The standard InChI is InChI=1S/C19H24O5Si/c1-19(2,3)25(4,5)24-17-9-7-6-8-12(17)13-10-14(18(22)23)16(21)11-15(13)20/h6-11,20-21H,1-5H3,(H,22,23). The summed E-state index contributed by atoms with van der Waals surface area (Å²) in [5.74, 6) is -1.35. The first-order chi connectivity index (χ1) is 11.4. The lowest BCUT2D eigenvalue weighted by Crippen LogP contribution is -2.43. The molecule has 0 unspecified atom stereocenters. The molecule has 0 aromatic heterocycles. The van der Waals surface area contributed by atoms with Crippen LogP contribution in [0.5, 0.6) is 17.2 Å². The van der Waals surface area contributed by atoms with Gasteiger partial charge < -0.3 is 19.7 Å². The summed E-state index contributed by atoms with van der Waals surface area (Å²) in [4.78, 5) is 11.3. The van der Waals surface area contributed by atoms with Gasteiger partial charge in [0.25, 0.3) is 8.32 Å². The maximum atomic E-state index is 11.3. The van der Waals surface area contributed by atoms with Crippen molar-refractivity contribution in [2.45, 2.75) is 38.9 Å². The molecule has 25 heavy (non-hydrogen) atoms. The van der Waals surface area contributed by atoms with Gasteiger partial charge in [0.05, 0.1) is 0 Å². The van der Waals surface area contributed by atoms with Gasteiger partial charge in [-0.1, -0.05) is 39.0 Å². The largest absolute Gasteiger partial charge is 0.543 e. The Bertz CT molecular complexity index is 806. The SMILES string of the molecule is CC(C)(C)[Si](C)(C)Oc1ccccc1-c1cc(C(=O)O)c(O)cc1O. The summed E-state index contributed by atoms with van der Waals surface area (Å²) in [6.45, 7) is 10.6. The number of phenols is 2. The normalized spacial score (nSPS) is 12.0. The highest BCUT2D eigenvalue weighted by Crippen LogP contribution is 2.43. The molecule has 5 nitrogen and oxygen atoms in total. The average Bonchev–Trinajstić information content (AvgIpc) is 2.46. The predicted octanol–water partition coefficient (Wildman–Crippen LogP) is 4.85. The van der Waals surface area contributed by atoms with Crippen LogP contribution in [0.1, 0.15) is 31.1 Å². The third kappa shape index (κ3) is 3.79. The van der Waals surface area contributed by atoms with Crippen LogP contribution in [-0.4, -0.2) is 29.6 Å². The summed E-state index contributed by atoms with van der Waals surface area (Å²) in [6, 6.07) is 9.51. The fourth-order valence-corrected chi connectivity index (χ4v) is 3.20. The smallest absolute Gasteiger partial charge is 0.339 e. The number of para-hydroxylation sites is 1. The third-order valence-corrected chi connectivity index (χ3v) is 9.04. The van der Waals surface area contributed by atoms with Crippen LogP contribution in [0.25, 0.3) is 11.1 Å². The molecule has 0 aliphatic rings. The summed E-state index contributed by atoms with van der Waals surface area (Å²) < 4.78 is 6.36. The van der Waals surface area contributed by atoms with Crippen molar-refractivity contribution in [3.63, 3.8) is 0 Å². The monoisotopic (exact) mass is 360 g/mol. The number of benzene rings is 2. The van der Waals surface area contributed by atoms with Crippen LogP contribution in [0.15, 0.2) is 36.4 Å². The lowest BCUT2D eigenvalue weighted by molar-refractivity contribution is 0.0693. The Hall–Kier alpha value is -2.47. The maximum Gasteiger partial charge on any atom is 0.339 e. The molecule has 0 fully saturated rings. The van der Waals surface area contributed by atoms with Gasteiger partial charge in [-0.2, -0.15) is 0 Å². The Balaban J connectivity index is 2.60. The zero-order valence-corrected chi connectivity index (χ0v) is 16.1. The summed E-state index contributed by atoms with van der Waals surface area (Å²) >= 11 is 0. The van der Waals surface area contributed by atoms with Gasteiger partial charge >= 0.3 is 5.97 Å². The molecule has 0 aliphatic heterocycles. The van der Waals surface area contributed by atoms with Crippen LogP contribution >= 0.6 is 0 Å². The molecule has 3 N–H and O–H groups in total. The quantitative estimate of drug-likeness (QED) is 0.679. The number of rotatable bonds is 4. The van der Waals surface area contributed by atoms with Crippen molar-refractivity contribution >= 4 is 14.3 Å². The second-order valence-corrected chi connectivity index (χ2v) is 12.3. The van der Waals surface area contributed by atoms with Crippen molar-refractivity contribution in [2.75, 3.05) is 0 Å². The number of phenolic OH excluding ortho intramolecular Hbond substituents is 1. The van der Waals surface area contributed by atoms with Crippen LogP contribution in [-0.2, 0) is 0 Å². The topological polar surface area (TPSA) is 87.0 Å². The highest BCUT2D eigenvalue weighted by molar-refractivity contribution is 6.74. The molecule has 6 heteroatoms. The van der Waals surface area contributed by atoms with E-state index < -0.39 is 20.0 Å². The first kappa shape index (κ1) is 18.9. The molecule has 2 aromatic rings. The van der Waals surface area contributed by atoms with Crippen molar-refractivity contribution in [1.82, 2.24) is 0 Å². The molecule has 134 valence electrons. The van der Waals surface area contributed by atoms with Gasteiger partial charge in [0.15, 0.2) is 0 Å². The Morgan fingerprint density at radius 3 is 2.16 bits per heavy atom. The molecule has 0 saturated carbocycles. The van der Waals surface area contributed by atoms with Gasteiger partial charge in [-0.15, -0.1) is 0 Å². The number of aromatic hydroxyl groups is 2. The molecule has 0 spiro atoms. The van der Waals surface area contributed by atoms with Gasteiger partial charge in [0, 0.05) is 17.2 Å². The Kier molecular flexibility index (Phi) is 4.86. The van der Waals surface area contributed by atoms with Crippen molar-refractivity contribution in [1.29, 1.82) is 0 Å². The van der Waals surface area contributed by atoms with Crippen LogP contribution in [0.2, 0.25) is 18.1 Å². The highest BCUT2D eigenvalue weighted by Gasteiger charge is 2.39. The van der Waals surface area contributed by atoms with Crippen molar-refractivity contribution in [2.24, 2.45) is 0 Å². The van der Waals surface area contributed by atoms with E-state index in [0.717, 1.165) is 6.07 Å². The predicted molar refractivity (Wildman–Crippen MR) is 100.0 cm³/mol. The molecule has 0 amide bonds. The maximum absolute atomic E-state index is 11.3. The van der Waals surface area contributed by atoms with Gasteiger partial charge in [-0.05, 0) is 30.3 Å². The first-order valence-corrected chi connectivity index (χ1v) is 10.9. The molecule has 0 bridgehead atoms. The summed E-state index contributed by atoms with van der Waals surface area (Å²) in [6.07, 6.45) is 0. The number of aromatic carboxylic acids is 1. The van der Waals surface area contributed by atoms with Crippen LogP contribution < -0.4 is 4.43 Å². The molecule has 2 rings (SSSR count). The Labute approximate surface area is 148 Å². The molecule has 2 aromatic carbocycles. The number of hydrogen-bond acceptors (Lipinski definition) is 4. The molecule has 0 atom stereocenters. The molecule has 0 radical (unpaired) electrons. The number of carboxylic acids is 1. The molecular formula is C19H24O5Si. The van der Waals surface area contributed by atoms with E-state index in [1.54, 1.807) is 12.1 Å². The van der Waals surface area contributed by atoms with Gasteiger partial charge in [0.1, 0.15) is 22.8 Å². The zero-order chi connectivity index (χ0) is 19.0. The van der Waals surface area contributed by atoms with Crippen LogP contribution in [0.4, 0.5) is 0 Å². The van der Waals surface area contributed by atoms with Gasteiger partial charge in [-0.3, -0.25) is 0 Å². The van der Waals surface area contributed by atoms with Crippen molar-refractivity contribution in [3.05, 3.63) is 42.0 Å². The van der Waals surface area contributed by atoms with Crippen molar-refractivity contribution in [3.8, 4) is 28.4 Å². The summed E-state index contributed by atoms with van der Waals surface area (Å²) in [5.41, 5.74) is 0.631. The van der Waals surface area contributed by atoms with E-state index in [4.69, 9.17) is 4.43 Å². The summed E-state index contributed by atoms with van der Waals surface area (Å²) in [5, 5.41) is 29.2. The van der Waals surface area contributed by atoms with E-state index in [-0.39, 0.29) is 16.4 Å². The molecule has 0 aliphatic carbocycles. The lowest BCUT2D eigenvalue weighted by Gasteiger charge is -2.37. The number of carboxylic acid groups (broad SMARTS) is 1. The summed E-state index contributed by atoms with van der Waals surface area (Å²) in [7, 11) is -2.12. The van der Waals surface area contributed by atoms with Crippen molar-refractivity contribution < 1.29 is 24.5 Å². The van der Waals surface area contributed by atoms with Crippen LogP contribution in [0.3, 0.4) is 0 Å². The van der Waals surface area contributed by atoms with E-state index in [9.17, 15) is 20.1 Å². The number of hydrogen-bond donors (Lipinski definition) is 3. The fourth-order valence-electron chi connectivity index (χ4n) is 2.17. The lowest BCUT2D eigenvalue weighted by atomic mass is 10.0. The van der Waals surface area contributed by atoms with Gasteiger partial charge in [-0.25, -0.2) is 4.79 Å². The van der Waals surface area contributed by atoms with E-state index in [0.29, 0.717) is 16.9 Å². The van der Waals surface area contributed by atoms with E-state index in [1.165, 1.54) is 6.07 Å². The number of carbonyl (C=O) groups is 1. The second kappa shape index (κ2) is 6.44. The Morgan fingerprint density at radius 1 is 1.00 bits per heavy atom. The minimum atomic E-state index is -2.12. The zero-order valence-electron chi connectivity index (χ0n) is 15.1.